The van der Waals surface area contributed by atoms with E-state index in [1.165, 1.54) is 52.6 Å². The first-order valence-corrected chi connectivity index (χ1v) is 15.2. The molecule has 0 spiro atoms. The Labute approximate surface area is 255 Å². The zero-order chi connectivity index (χ0) is 31.5. The third-order valence-electron chi connectivity index (χ3n) is 6.37. The summed E-state index contributed by atoms with van der Waals surface area (Å²) >= 11 is 0. The number of hydrogen-bond acceptors (Lipinski definition) is 11. The summed E-state index contributed by atoms with van der Waals surface area (Å²) in [4.78, 5) is 50.9. The molecule has 11 heteroatoms. The van der Waals surface area contributed by atoms with Crippen molar-refractivity contribution in [1.29, 1.82) is 0 Å². The lowest BCUT2D eigenvalue weighted by Gasteiger charge is -2.17. The van der Waals surface area contributed by atoms with Gasteiger partial charge in [0, 0.05) is 19.4 Å². The predicted octanol–water partition coefficient (Wildman–Crippen LogP) is 6.84. The molecule has 0 heterocycles. The SMILES string of the molecule is C=CC(=O)OCC(COC(C)=O)OC(=O)CCCCCCCCCCCCCCCOC(=O)Oc1ccc(NOC)cc1. The minimum Gasteiger partial charge on any atom is -0.462 e. The summed E-state index contributed by atoms with van der Waals surface area (Å²) < 4.78 is 25.4. The molecule has 0 amide bonds. The minimum absolute atomic E-state index is 0.163. The molecule has 11 nitrogen and oxygen atoms in total. The van der Waals surface area contributed by atoms with Gasteiger partial charge in [0.25, 0.3) is 0 Å². The van der Waals surface area contributed by atoms with Crippen LogP contribution in [0, 0.1) is 0 Å². The van der Waals surface area contributed by atoms with E-state index in [2.05, 4.69) is 12.1 Å². The summed E-state index contributed by atoms with van der Waals surface area (Å²) in [6.07, 6.45) is 13.8. The Morgan fingerprint density at radius 2 is 1.30 bits per heavy atom. The number of ether oxygens (including phenoxy) is 5. The number of carbonyl (C=O) groups is 4. The van der Waals surface area contributed by atoms with Crippen molar-refractivity contribution in [2.24, 2.45) is 0 Å². The van der Waals surface area contributed by atoms with Crippen LogP contribution in [-0.2, 0) is 38.2 Å². The Morgan fingerprint density at radius 1 is 0.767 bits per heavy atom. The second kappa shape index (κ2) is 24.9. The fourth-order valence-corrected chi connectivity index (χ4v) is 4.11. The minimum atomic E-state index is -0.833. The second-order valence-corrected chi connectivity index (χ2v) is 10.1. The van der Waals surface area contributed by atoms with Crippen molar-refractivity contribution in [2.45, 2.75) is 103 Å². The van der Waals surface area contributed by atoms with Crippen LogP contribution in [0.1, 0.15) is 96.8 Å². The molecule has 0 bridgehead atoms. The maximum atomic E-state index is 12.1. The normalized spacial score (nSPS) is 11.2. The fraction of sp³-hybridized carbons (Fsp3) is 0.625. The van der Waals surface area contributed by atoms with Gasteiger partial charge in [-0.05, 0) is 37.1 Å². The third kappa shape index (κ3) is 21.7. The monoisotopic (exact) mass is 607 g/mol. The van der Waals surface area contributed by atoms with Crippen molar-refractivity contribution in [1.82, 2.24) is 0 Å². The summed E-state index contributed by atoms with van der Waals surface area (Å²) in [7, 11) is 1.52. The van der Waals surface area contributed by atoms with Crippen LogP contribution in [0.2, 0.25) is 0 Å². The van der Waals surface area contributed by atoms with Crippen LogP contribution in [0.4, 0.5) is 10.5 Å². The van der Waals surface area contributed by atoms with E-state index in [4.69, 9.17) is 28.5 Å². The first-order valence-electron chi connectivity index (χ1n) is 15.2. The largest absolute Gasteiger partial charge is 0.513 e. The highest BCUT2D eigenvalue weighted by Gasteiger charge is 2.18. The number of nitrogens with one attached hydrogen (secondary N) is 1. The molecule has 1 aromatic carbocycles. The number of anilines is 1. The highest BCUT2D eigenvalue weighted by Crippen LogP contribution is 2.17. The number of benzene rings is 1. The average molecular weight is 608 g/mol. The Balaban J connectivity index is 1.92. The maximum Gasteiger partial charge on any atom is 0.513 e. The quantitative estimate of drug-likeness (QED) is 0.0312. The van der Waals surface area contributed by atoms with Crippen LogP contribution in [0.5, 0.6) is 5.75 Å². The van der Waals surface area contributed by atoms with E-state index < -0.39 is 30.2 Å². The average Bonchev–Trinajstić information content (AvgIpc) is 2.99. The molecule has 0 fully saturated rings. The van der Waals surface area contributed by atoms with Gasteiger partial charge in [0.05, 0.1) is 19.4 Å². The molecule has 1 rings (SSSR count). The van der Waals surface area contributed by atoms with E-state index in [-0.39, 0.29) is 19.6 Å². The molecular formula is C32H49NO10. The van der Waals surface area contributed by atoms with Crippen molar-refractivity contribution in [3.05, 3.63) is 36.9 Å². The predicted molar refractivity (Wildman–Crippen MR) is 161 cm³/mol. The Hall–Kier alpha value is -3.60. The molecule has 0 aliphatic carbocycles. The first-order chi connectivity index (χ1) is 20.8. The molecule has 1 atom stereocenters. The lowest BCUT2D eigenvalue weighted by Crippen LogP contribution is -2.30. The van der Waals surface area contributed by atoms with Crippen molar-refractivity contribution in [3.8, 4) is 5.75 Å². The van der Waals surface area contributed by atoms with Gasteiger partial charge in [-0.2, -0.15) is 0 Å². The number of hydrogen-bond donors (Lipinski definition) is 1. The Bertz CT molecular complexity index is 935. The zero-order valence-corrected chi connectivity index (χ0v) is 25.8. The maximum absolute atomic E-state index is 12.1. The molecule has 0 radical (unpaired) electrons. The van der Waals surface area contributed by atoms with Gasteiger partial charge in [-0.1, -0.05) is 77.2 Å². The fourth-order valence-electron chi connectivity index (χ4n) is 4.11. The second-order valence-electron chi connectivity index (χ2n) is 10.1. The van der Waals surface area contributed by atoms with Gasteiger partial charge in [0.15, 0.2) is 6.10 Å². The number of rotatable bonds is 25. The number of unbranched alkanes of at least 4 members (excludes halogenated alkanes) is 12. The van der Waals surface area contributed by atoms with Crippen molar-refractivity contribution in [3.63, 3.8) is 0 Å². The van der Waals surface area contributed by atoms with Gasteiger partial charge >= 0.3 is 24.1 Å². The molecule has 0 saturated carbocycles. The van der Waals surface area contributed by atoms with Crippen molar-refractivity contribution in [2.75, 3.05) is 32.4 Å². The molecule has 0 aromatic heterocycles. The Kier molecular flexibility index (Phi) is 21.7. The van der Waals surface area contributed by atoms with Crippen LogP contribution in [0.25, 0.3) is 0 Å². The molecule has 1 N–H and O–H groups in total. The zero-order valence-electron chi connectivity index (χ0n) is 25.8. The van der Waals surface area contributed by atoms with Gasteiger partial charge in [0.2, 0.25) is 0 Å². The molecule has 43 heavy (non-hydrogen) atoms. The molecular weight excluding hydrogens is 558 g/mol. The topological polar surface area (TPSA) is 136 Å². The lowest BCUT2D eigenvalue weighted by atomic mass is 10.0. The molecule has 1 unspecified atom stereocenters. The van der Waals surface area contributed by atoms with E-state index in [1.807, 2.05) is 0 Å². The summed E-state index contributed by atoms with van der Waals surface area (Å²) in [6, 6.07) is 6.80. The number of carbonyl (C=O) groups excluding carboxylic acids is 4. The van der Waals surface area contributed by atoms with Crippen LogP contribution < -0.4 is 10.2 Å². The Morgan fingerprint density at radius 3 is 1.84 bits per heavy atom. The van der Waals surface area contributed by atoms with Crippen LogP contribution in [0.3, 0.4) is 0 Å². The summed E-state index contributed by atoms with van der Waals surface area (Å²) in [5.41, 5.74) is 3.44. The summed E-state index contributed by atoms with van der Waals surface area (Å²) in [5.74, 6) is -1.13. The standard InChI is InChI=1S/C32H49NO10/c1-4-30(35)41-25-29(24-40-26(2)34)42-31(36)18-16-14-12-10-8-6-5-7-9-11-13-15-17-23-39-32(37)43-28-21-19-27(20-22-28)33-38-3/h4,19-22,29,33H,1,5-18,23-25H2,2-3H3. The van der Waals surface area contributed by atoms with Gasteiger partial charge in [0.1, 0.15) is 19.0 Å². The molecule has 0 saturated heterocycles. The lowest BCUT2D eigenvalue weighted by molar-refractivity contribution is -0.164. The van der Waals surface area contributed by atoms with Gasteiger partial charge in [-0.25, -0.2) is 9.59 Å². The first kappa shape index (κ1) is 37.4. The van der Waals surface area contributed by atoms with Crippen molar-refractivity contribution < 1.29 is 47.7 Å². The highest BCUT2D eigenvalue weighted by atomic mass is 16.7. The molecule has 0 aliphatic rings. The highest BCUT2D eigenvalue weighted by molar-refractivity contribution is 5.81. The van der Waals surface area contributed by atoms with Gasteiger partial charge < -0.3 is 23.7 Å². The third-order valence-corrected chi connectivity index (χ3v) is 6.37. The van der Waals surface area contributed by atoms with E-state index >= 15 is 0 Å². The van der Waals surface area contributed by atoms with Gasteiger partial charge in [-0.3, -0.25) is 19.9 Å². The van der Waals surface area contributed by atoms with E-state index in [0.29, 0.717) is 12.4 Å². The van der Waals surface area contributed by atoms with Crippen LogP contribution in [0.15, 0.2) is 36.9 Å². The number of esters is 3. The van der Waals surface area contributed by atoms with Crippen LogP contribution >= 0.6 is 0 Å². The van der Waals surface area contributed by atoms with Gasteiger partial charge in [-0.15, -0.1) is 0 Å². The summed E-state index contributed by atoms with van der Waals surface area (Å²) in [6.45, 7) is 4.56. The molecule has 0 aliphatic heterocycles. The smallest absolute Gasteiger partial charge is 0.462 e. The molecule has 1 aromatic rings. The van der Waals surface area contributed by atoms with E-state index in [1.54, 1.807) is 24.3 Å². The summed E-state index contributed by atoms with van der Waals surface area (Å²) in [5, 5.41) is 0. The van der Waals surface area contributed by atoms with E-state index in [9.17, 15) is 19.2 Å². The van der Waals surface area contributed by atoms with Crippen LogP contribution in [-0.4, -0.2) is 57.1 Å². The molecule has 242 valence electrons. The van der Waals surface area contributed by atoms with E-state index in [0.717, 1.165) is 56.7 Å². The van der Waals surface area contributed by atoms with Crippen molar-refractivity contribution >= 4 is 29.8 Å².